The lowest BCUT2D eigenvalue weighted by Gasteiger charge is -2.34. The molecule has 18 heavy (non-hydrogen) atoms. The molecule has 0 atom stereocenters. The minimum atomic E-state index is -3.54. The van der Waals surface area contributed by atoms with E-state index >= 15 is 0 Å². The molecule has 0 aliphatic heterocycles. The van der Waals surface area contributed by atoms with E-state index in [0.29, 0.717) is 25.4 Å². The molecule has 1 aliphatic carbocycles. The summed E-state index contributed by atoms with van der Waals surface area (Å²) in [5, 5.41) is 10.2. The maximum absolute atomic E-state index is 11.6. The molecule has 0 bridgehead atoms. The Bertz CT molecular complexity index is 337. The zero-order valence-corrected chi connectivity index (χ0v) is 11.9. The van der Waals surface area contributed by atoms with E-state index in [9.17, 15) is 13.5 Å². The van der Waals surface area contributed by atoms with Crippen molar-refractivity contribution in [1.82, 2.24) is 9.44 Å². The number of ether oxygens (including phenoxy) is 1. The number of rotatable bonds is 7. The van der Waals surface area contributed by atoms with Crippen LogP contribution >= 0.6 is 0 Å². The Balaban J connectivity index is 2.34. The highest BCUT2D eigenvalue weighted by Crippen LogP contribution is 2.31. The van der Waals surface area contributed by atoms with Crippen LogP contribution in [0.5, 0.6) is 0 Å². The van der Waals surface area contributed by atoms with Crippen LogP contribution in [-0.4, -0.2) is 45.9 Å². The van der Waals surface area contributed by atoms with Gasteiger partial charge in [-0.05, 0) is 31.6 Å². The van der Waals surface area contributed by atoms with Crippen LogP contribution in [0.3, 0.4) is 0 Å². The molecule has 0 aromatic heterocycles. The van der Waals surface area contributed by atoms with E-state index < -0.39 is 15.8 Å². The summed E-state index contributed by atoms with van der Waals surface area (Å²) in [5.41, 5.74) is -0.900. The van der Waals surface area contributed by atoms with Gasteiger partial charge < -0.3 is 9.84 Å². The molecular weight excluding hydrogens is 256 g/mol. The Labute approximate surface area is 109 Å². The van der Waals surface area contributed by atoms with Crippen molar-refractivity contribution >= 4 is 10.2 Å². The Morgan fingerprint density at radius 1 is 1.33 bits per heavy atom. The molecule has 0 aromatic carbocycles. The van der Waals surface area contributed by atoms with Gasteiger partial charge >= 0.3 is 0 Å². The van der Waals surface area contributed by atoms with Crippen LogP contribution < -0.4 is 9.44 Å². The van der Waals surface area contributed by atoms with E-state index in [-0.39, 0.29) is 13.1 Å². The number of hydrogen-bond donors (Lipinski definition) is 3. The smallest absolute Gasteiger partial charge is 0.277 e. The first-order valence-electron chi connectivity index (χ1n) is 6.32. The molecule has 3 N–H and O–H groups in total. The van der Waals surface area contributed by atoms with Crippen LogP contribution in [0, 0.1) is 5.92 Å². The minimum Gasteiger partial charge on any atom is -0.389 e. The predicted octanol–water partition coefficient (Wildman–Crippen LogP) is -0.00200. The minimum absolute atomic E-state index is 0.0715. The molecule has 1 rings (SSSR count). The van der Waals surface area contributed by atoms with Gasteiger partial charge in [0.05, 0.1) is 12.2 Å². The lowest BCUT2D eigenvalue weighted by atomic mass is 9.80. The summed E-state index contributed by atoms with van der Waals surface area (Å²) in [6.45, 7) is 2.77. The van der Waals surface area contributed by atoms with Crippen molar-refractivity contribution in [1.29, 1.82) is 0 Å². The Kier molecular flexibility index (Phi) is 6.00. The molecule has 1 saturated carbocycles. The van der Waals surface area contributed by atoms with E-state index in [4.69, 9.17) is 4.74 Å². The van der Waals surface area contributed by atoms with Crippen molar-refractivity contribution in [3.05, 3.63) is 0 Å². The first-order chi connectivity index (χ1) is 8.37. The van der Waals surface area contributed by atoms with Gasteiger partial charge in [0.2, 0.25) is 0 Å². The lowest BCUT2D eigenvalue weighted by molar-refractivity contribution is -0.00189. The van der Waals surface area contributed by atoms with Gasteiger partial charge in [-0.2, -0.15) is 17.9 Å². The molecule has 7 heteroatoms. The Morgan fingerprint density at radius 2 is 1.94 bits per heavy atom. The fraction of sp³-hybridized carbons (Fsp3) is 1.00. The fourth-order valence-corrected chi connectivity index (χ4v) is 2.95. The molecule has 0 saturated heterocycles. The maximum atomic E-state index is 11.6. The maximum Gasteiger partial charge on any atom is 0.277 e. The van der Waals surface area contributed by atoms with Crippen LogP contribution in [0.25, 0.3) is 0 Å². The van der Waals surface area contributed by atoms with Crippen LogP contribution in [0.2, 0.25) is 0 Å². The molecule has 108 valence electrons. The van der Waals surface area contributed by atoms with Crippen molar-refractivity contribution < 1.29 is 18.3 Å². The summed E-state index contributed by atoms with van der Waals surface area (Å²) in [6.07, 6.45) is 3.17. The third kappa shape index (κ3) is 5.62. The van der Waals surface area contributed by atoms with E-state index in [2.05, 4.69) is 16.4 Å². The second-order valence-corrected chi connectivity index (χ2v) is 6.70. The van der Waals surface area contributed by atoms with Crippen LogP contribution in [0.4, 0.5) is 0 Å². The third-order valence-electron chi connectivity index (χ3n) is 3.39. The quantitative estimate of drug-likeness (QED) is 0.573. The highest BCUT2D eigenvalue weighted by molar-refractivity contribution is 7.87. The normalized spacial score (nSPS) is 29.4. The fourth-order valence-electron chi connectivity index (χ4n) is 2.03. The Morgan fingerprint density at radius 3 is 2.50 bits per heavy atom. The molecule has 0 aromatic rings. The largest absolute Gasteiger partial charge is 0.389 e. The highest BCUT2D eigenvalue weighted by atomic mass is 32.2. The number of methoxy groups -OCH3 is 1. The first-order valence-corrected chi connectivity index (χ1v) is 7.81. The van der Waals surface area contributed by atoms with Crippen LogP contribution in [-0.2, 0) is 14.9 Å². The topological polar surface area (TPSA) is 87.7 Å². The summed E-state index contributed by atoms with van der Waals surface area (Å²) in [5.74, 6) is 0.613. The summed E-state index contributed by atoms with van der Waals surface area (Å²) >= 11 is 0. The molecular formula is C11H24N2O4S. The van der Waals surface area contributed by atoms with E-state index in [1.54, 1.807) is 0 Å². The van der Waals surface area contributed by atoms with Crippen molar-refractivity contribution in [3.63, 3.8) is 0 Å². The van der Waals surface area contributed by atoms with Crippen molar-refractivity contribution in [3.8, 4) is 0 Å². The summed E-state index contributed by atoms with van der Waals surface area (Å²) in [6, 6.07) is 0. The SMILES string of the molecule is COCCNS(=O)(=O)NCC1(O)CCC(C)CC1. The standard InChI is InChI=1S/C11H24N2O4S/c1-10-3-5-11(14,6-4-10)9-13-18(15,16)12-7-8-17-2/h10,12-14H,3-9H2,1-2H3. The van der Waals surface area contributed by atoms with Crippen molar-refractivity contribution in [2.45, 2.75) is 38.2 Å². The zero-order valence-electron chi connectivity index (χ0n) is 11.1. The van der Waals surface area contributed by atoms with Gasteiger partial charge in [-0.1, -0.05) is 6.92 Å². The van der Waals surface area contributed by atoms with Crippen LogP contribution in [0.15, 0.2) is 0 Å². The molecule has 1 aliphatic rings. The second kappa shape index (κ2) is 6.81. The monoisotopic (exact) mass is 280 g/mol. The van der Waals surface area contributed by atoms with Gasteiger partial charge in [0.25, 0.3) is 10.2 Å². The molecule has 1 fully saturated rings. The summed E-state index contributed by atoms with van der Waals surface area (Å²) in [7, 11) is -2.04. The van der Waals surface area contributed by atoms with Gasteiger partial charge in [-0.25, -0.2) is 0 Å². The Hall–Kier alpha value is -0.210. The third-order valence-corrected chi connectivity index (χ3v) is 4.50. The van der Waals surface area contributed by atoms with E-state index in [0.717, 1.165) is 12.8 Å². The average molecular weight is 280 g/mol. The van der Waals surface area contributed by atoms with E-state index in [1.807, 2.05) is 0 Å². The van der Waals surface area contributed by atoms with Gasteiger partial charge in [0.1, 0.15) is 0 Å². The molecule has 6 nitrogen and oxygen atoms in total. The average Bonchev–Trinajstić information content (AvgIpc) is 2.32. The molecule has 0 radical (unpaired) electrons. The number of aliphatic hydroxyl groups is 1. The molecule has 0 unspecified atom stereocenters. The highest BCUT2D eigenvalue weighted by Gasteiger charge is 2.32. The summed E-state index contributed by atoms with van der Waals surface area (Å²) < 4.78 is 32.6. The van der Waals surface area contributed by atoms with Gasteiger partial charge in [0, 0.05) is 20.2 Å². The van der Waals surface area contributed by atoms with Crippen LogP contribution in [0.1, 0.15) is 32.6 Å². The predicted molar refractivity (Wildman–Crippen MR) is 69.4 cm³/mol. The molecule has 0 heterocycles. The first kappa shape index (κ1) is 15.8. The number of hydrogen-bond acceptors (Lipinski definition) is 4. The summed E-state index contributed by atoms with van der Waals surface area (Å²) in [4.78, 5) is 0. The van der Waals surface area contributed by atoms with E-state index in [1.165, 1.54) is 7.11 Å². The van der Waals surface area contributed by atoms with Gasteiger partial charge in [0.15, 0.2) is 0 Å². The lowest BCUT2D eigenvalue weighted by Crippen LogP contribution is -2.48. The van der Waals surface area contributed by atoms with Gasteiger partial charge in [-0.3, -0.25) is 0 Å². The second-order valence-electron chi connectivity index (χ2n) is 5.12. The number of nitrogens with one attached hydrogen (secondary N) is 2. The van der Waals surface area contributed by atoms with Crippen molar-refractivity contribution in [2.75, 3.05) is 26.8 Å². The van der Waals surface area contributed by atoms with Crippen molar-refractivity contribution in [2.24, 2.45) is 5.92 Å². The zero-order chi connectivity index (χ0) is 13.6. The van der Waals surface area contributed by atoms with Gasteiger partial charge in [-0.15, -0.1) is 0 Å². The molecule has 0 amide bonds. The molecule has 0 spiro atoms.